The molecule has 0 fully saturated rings. The lowest BCUT2D eigenvalue weighted by Gasteiger charge is -2.15. The van der Waals surface area contributed by atoms with Crippen molar-refractivity contribution in [1.82, 2.24) is 15.2 Å². The molecule has 2 heterocycles. The van der Waals surface area contributed by atoms with Crippen molar-refractivity contribution < 1.29 is 0 Å². The van der Waals surface area contributed by atoms with Gasteiger partial charge in [-0.05, 0) is 56.5 Å². The van der Waals surface area contributed by atoms with Crippen LogP contribution < -0.4 is 11.3 Å². The molecule has 2 aromatic heterocycles. The standard InChI is InChI=1S/C15H24N4S/c1-11-15(12(2)19(3)18-11)9-7-13(17-16)6-8-14-5-4-10-20-14/h4-5,10,13,17H,6-9,16H2,1-3H3. The Labute approximate surface area is 125 Å². The minimum atomic E-state index is 0.358. The summed E-state index contributed by atoms with van der Waals surface area (Å²) in [4.78, 5) is 1.43. The average molecular weight is 292 g/mol. The Bertz CT molecular complexity index is 530. The predicted octanol–water partition coefficient (Wildman–Crippen LogP) is 2.50. The molecule has 0 bridgehead atoms. The predicted molar refractivity (Wildman–Crippen MR) is 84.8 cm³/mol. The Kier molecular flexibility index (Phi) is 5.34. The van der Waals surface area contributed by atoms with Crippen LogP contribution in [0.3, 0.4) is 0 Å². The topological polar surface area (TPSA) is 55.9 Å². The minimum Gasteiger partial charge on any atom is -0.272 e. The molecule has 20 heavy (non-hydrogen) atoms. The number of rotatable bonds is 7. The van der Waals surface area contributed by atoms with E-state index >= 15 is 0 Å². The Hall–Kier alpha value is -1.17. The maximum Gasteiger partial charge on any atom is 0.0628 e. The molecule has 5 heteroatoms. The summed E-state index contributed by atoms with van der Waals surface area (Å²) in [6, 6.07) is 4.65. The zero-order valence-corrected chi connectivity index (χ0v) is 13.3. The van der Waals surface area contributed by atoms with Crippen LogP contribution in [0.1, 0.15) is 34.7 Å². The first-order valence-electron chi connectivity index (χ1n) is 7.09. The van der Waals surface area contributed by atoms with E-state index in [4.69, 9.17) is 5.84 Å². The van der Waals surface area contributed by atoms with Crippen LogP contribution in [0.4, 0.5) is 0 Å². The number of nitrogens with zero attached hydrogens (tertiary/aromatic N) is 2. The van der Waals surface area contributed by atoms with Gasteiger partial charge in [-0.15, -0.1) is 11.3 Å². The smallest absolute Gasteiger partial charge is 0.0628 e. The summed E-state index contributed by atoms with van der Waals surface area (Å²) in [6.07, 6.45) is 4.26. The molecular weight excluding hydrogens is 268 g/mol. The molecule has 2 rings (SSSR count). The zero-order chi connectivity index (χ0) is 14.5. The summed E-state index contributed by atoms with van der Waals surface area (Å²) in [5.74, 6) is 5.69. The highest BCUT2D eigenvalue weighted by atomic mass is 32.1. The molecule has 0 radical (unpaired) electrons. The summed E-state index contributed by atoms with van der Waals surface area (Å²) >= 11 is 1.82. The highest BCUT2D eigenvalue weighted by molar-refractivity contribution is 7.09. The highest BCUT2D eigenvalue weighted by Gasteiger charge is 2.13. The monoisotopic (exact) mass is 292 g/mol. The van der Waals surface area contributed by atoms with E-state index in [1.165, 1.54) is 16.1 Å². The molecule has 0 amide bonds. The summed E-state index contributed by atoms with van der Waals surface area (Å²) in [6.45, 7) is 4.21. The van der Waals surface area contributed by atoms with Gasteiger partial charge in [0.15, 0.2) is 0 Å². The van der Waals surface area contributed by atoms with Gasteiger partial charge in [-0.25, -0.2) is 0 Å². The third-order valence-electron chi connectivity index (χ3n) is 3.96. The number of aryl methyl sites for hydroxylation is 3. The van der Waals surface area contributed by atoms with E-state index in [0.717, 1.165) is 31.4 Å². The molecule has 110 valence electrons. The second kappa shape index (κ2) is 7.02. The third kappa shape index (κ3) is 3.69. The second-order valence-corrected chi connectivity index (χ2v) is 6.33. The van der Waals surface area contributed by atoms with Crippen molar-refractivity contribution in [1.29, 1.82) is 0 Å². The Balaban J connectivity index is 1.87. The molecule has 0 saturated carbocycles. The molecule has 0 saturated heterocycles. The van der Waals surface area contributed by atoms with E-state index in [1.807, 2.05) is 23.1 Å². The van der Waals surface area contributed by atoms with Crippen LogP contribution in [-0.2, 0) is 19.9 Å². The van der Waals surface area contributed by atoms with E-state index in [0.29, 0.717) is 6.04 Å². The lowest BCUT2D eigenvalue weighted by atomic mass is 10.0. The first-order valence-corrected chi connectivity index (χ1v) is 7.97. The van der Waals surface area contributed by atoms with Crippen LogP contribution in [-0.4, -0.2) is 15.8 Å². The molecule has 3 N–H and O–H groups in total. The average Bonchev–Trinajstić information content (AvgIpc) is 3.02. The van der Waals surface area contributed by atoms with Gasteiger partial charge in [0.05, 0.1) is 5.69 Å². The first-order chi connectivity index (χ1) is 9.61. The van der Waals surface area contributed by atoms with Crippen molar-refractivity contribution in [2.24, 2.45) is 12.9 Å². The van der Waals surface area contributed by atoms with Gasteiger partial charge in [0, 0.05) is 23.7 Å². The van der Waals surface area contributed by atoms with Gasteiger partial charge < -0.3 is 0 Å². The molecular formula is C15H24N4S. The van der Waals surface area contributed by atoms with Gasteiger partial charge in [0.2, 0.25) is 0 Å². The molecule has 0 spiro atoms. The molecule has 0 aliphatic carbocycles. The van der Waals surface area contributed by atoms with E-state index < -0.39 is 0 Å². The first kappa shape index (κ1) is 15.2. The Morgan fingerprint density at radius 3 is 2.65 bits per heavy atom. The summed E-state index contributed by atoms with van der Waals surface area (Å²) in [5, 5.41) is 6.60. The van der Waals surface area contributed by atoms with Crippen molar-refractivity contribution in [3.8, 4) is 0 Å². The van der Waals surface area contributed by atoms with E-state index in [9.17, 15) is 0 Å². The van der Waals surface area contributed by atoms with Crippen LogP contribution in [0.5, 0.6) is 0 Å². The van der Waals surface area contributed by atoms with Crippen molar-refractivity contribution in [2.45, 2.75) is 45.6 Å². The summed E-state index contributed by atoms with van der Waals surface area (Å²) in [5.41, 5.74) is 6.72. The number of hydrogen-bond acceptors (Lipinski definition) is 4. The van der Waals surface area contributed by atoms with Crippen LogP contribution in [0.15, 0.2) is 17.5 Å². The molecule has 2 aromatic rings. The van der Waals surface area contributed by atoms with Crippen molar-refractivity contribution in [2.75, 3.05) is 0 Å². The number of nitrogens with two attached hydrogens (primary N) is 1. The number of nitrogens with one attached hydrogen (secondary N) is 1. The lowest BCUT2D eigenvalue weighted by Crippen LogP contribution is -2.35. The highest BCUT2D eigenvalue weighted by Crippen LogP contribution is 2.17. The lowest BCUT2D eigenvalue weighted by molar-refractivity contribution is 0.464. The van der Waals surface area contributed by atoms with Gasteiger partial charge in [-0.3, -0.25) is 16.0 Å². The van der Waals surface area contributed by atoms with Crippen LogP contribution in [0, 0.1) is 13.8 Å². The molecule has 0 aliphatic heterocycles. The van der Waals surface area contributed by atoms with Crippen LogP contribution in [0.25, 0.3) is 0 Å². The fraction of sp³-hybridized carbons (Fsp3) is 0.533. The SMILES string of the molecule is Cc1nn(C)c(C)c1CCC(CCc1cccs1)NN. The maximum absolute atomic E-state index is 5.69. The third-order valence-corrected chi connectivity index (χ3v) is 4.89. The van der Waals surface area contributed by atoms with Gasteiger partial charge in [0.1, 0.15) is 0 Å². The molecule has 0 aliphatic rings. The largest absolute Gasteiger partial charge is 0.272 e. The fourth-order valence-electron chi connectivity index (χ4n) is 2.58. The molecule has 0 aromatic carbocycles. The van der Waals surface area contributed by atoms with E-state index in [2.05, 4.69) is 41.9 Å². The number of aromatic nitrogens is 2. The van der Waals surface area contributed by atoms with Gasteiger partial charge in [-0.2, -0.15) is 5.10 Å². The maximum atomic E-state index is 5.69. The van der Waals surface area contributed by atoms with Crippen molar-refractivity contribution in [3.63, 3.8) is 0 Å². The Morgan fingerprint density at radius 1 is 1.35 bits per heavy atom. The molecule has 1 atom stereocenters. The molecule has 1 unspecified atom stereocenters. The number of hydrogen-bond donors (Lipinski definition) is 2. The van der Waals surface area contributed by atoms with Crippen LogP contribution >= 0.6 is 11.3 Å². The second-order valence-electron chi connectivity index (χ2n) is 5.29. The summed E-state index contributed by atoms with van der Waals surface area (Å²) in [7, 11) is 2.00. The van der Waals surface area contributed by atoms with Gasteiger partial charge >= 0.3 is 0 Å². The number of thiophene rings is 1. The Morgan fingerprint density at radius 2 is 2.10 bits per heavy atom. The van der Waals surface area contributed by atoms with E-state index in [1.54, 1.807) is 0 Å². The molecule has 4 nitrogen and oxygen atoms in total. The summed E-state index contributed by atoms with van der Waals surface area (Å²) < 4.78 is 1.96. The zero-order valence-electron chi connectivity index (χ0n) is 12.5. The normalized spacial score (nSPS) is 12.8. The van der Waals surface area contributed by atoms with Crippen molar-refractivity contribution >= 4 is 11.3 Å². The van der Waals surface area contributed by atoms with Crippen LogP contribution in [0.2, 0.25) is 0 Å². The minimum absolute atomic E-state index is 0.358. The number of hydrazine groups is 1. The quantitative estimate of drug-likeness (QED) is 0.609. The van der Waals surface area contributed by atoms with Crippen molar-refractivity contribution in [3.05, 3.63) is 39.3 Å². The van der Waals surface area contributed by atoms with Gasteiger partial charge in [-0.1, -0.05) is 6.07 Å². The van der Waals surface area contributed by atoms with E-state index in [-0.39, 0.29) is 0 Å². The fourth-order valence-corrected chi connectivity index (χ4v) is 3.30. The van der Waals surface area contributed by atoms with Gasteiger partial charge in [0.25, 0.3) is 0 Å².